The van der Waals surface area contributed by atoms with Crippen molar-refractivity contribution in [2.75, 3.05) is 13.2 Å². The molecule has 7 heteroatoms. The lowest BCUT2D eigenvalue weighted by Gasteiger charge is -2.23. The van der Waals surface area contributed by atoms with Crippen LogP contribution in [0.4, 0.5) is 9.18 Å². The molecule has 1 heterocycles. The minimum Gasteiger partial charge on any atom is -0.492 e. The van der Waals surface area contributed by atoms with E-state index in [2.05, 4.69) is 15.7 Å². The molecule has 2 amide bonds. The summed E-state index contributed by atoms with van der Waals surface area (Å²) in [5, 5.41) is 10.00. The van der Waals surface area contributed by atoms with Crippen LogP contribution in [0.1, 0.15) is 30.1 Å². The number of carbonyl (C=O) groups is 1. The van der Waals surface area contributed by atoms with Crippen LogP contribution in [0.15, 0.2) is 30.5 Å². The number of hydrogen-bond acceptors (Lipinski definition) is 3. The maximum absolute atomic E-state index is 13.0. The summed E-state index contributed by atoms with van der Waals surface area (Å²) in [6.45, 7) is 0.620. The van der Waals surface area contributed by atoms with Crippen molar-refractivity contribution in [1.82, 2.24) is 20.4 Å². The van der Waals surface area contributed by atoms with E-state index in [1.54, 1.807) is 12.1 Å². The molecule has 0 saturated heterocycles. The molecule has 0 aliphatic heterocycles. The molecule has 1 aliphatic carbocycles. The van der Waals surface area contributed by atoms with E-state index < -0.39 is 0 Å². The van der Waals surface area contributed by atoms with Crippen molar-refractivity contribution >= 4 is 6.03 Å². The number of urea groups is 1. The Balaban J connectivity index is 1.43. The van der Waals surface area contributed by atoms with E-state index >= 15 is 0 Å². The smallest absolute Gasteiger partial charge is 0.315 e. The second-order valence-corrected chi connectivity index (χ2v) is 5.82. The standard InChI is InChI=1S/C17H21FN4O2/c1-22-16-7-3-6-15(14(16)11-20-22)21-17(23)19-8-9-24-13-5-2-4-12(18)10-13/h2,4-5,10-11,15H,3,6-9H2,1H3,(H2,19,21,23). The lowest BCUT2D eigenvalue weighted by molar-refractivity contribution is 0.231. The van der Waals surface area contributed by atoms with Gasteiger partial charge in [-0.3, -0.25) is 4.68 Å². The molecule has 128 valence electrons. The van der Waals surface area contributed by atoms with Crippen LogP contribution in [-0.2, 0) is 13.5 Å². The monoisotopic (exact) mass is 332 g/mol. The highest BCUT2D eigenvalue weighted by atomic mass is 19.1. The van der Waals surface area contributed by atoms with Crippen molar-refractivity contribution in [3.63, 3.8) is 0 Å². The largest absolute Gasteiger partial charge is 0.492 e. The Morgan fingerprint density at radius 2 is 2.38 bits per heavy atom. The summed E-state index contributed by atoms with van der Waals surface area (Å²) in [5.74, 6) is 0.104. The van der Waals surface area contributed by atoms with Crippen LogP contribution < -0.4 is 15.4 Å². The fourth-order valence-electron chi connectivity index (χ4n) is 2.96. The number of hydrogen-bond donors (Lipinski definition) is 2. The Morgan fingerprint density at radius 3 is 3.21 bits per heavy atom. The zero-order chi connectivity index (χ0) is 16.9. The molecule has 1 aromatic carbocycles. The molecular weight excluding hydrogens is 311 g/mol. The first-order valence-electron chi connectivity index (χ1n) is 8.07. The topological polar surface area (TPSA) is 68.2 Å². The van der Waals surface area contributed by atoms with Crippen LogP contribution in [0.5, 0.6) is 5.75 Å². The van der Waals surface area contributed by atoms with Crippen LogP contribution in [0.3, 0.4) is 0 Å². The summed E-state index contributed by atoms with van der Waals surface area (Å²) in [6.07, 6.45) is 4.76. The maximum Gasteiger partial charge on any atom is 0.315 e. The van der Waals surface area contributed by atoms with Gasteiger partial charge in [-0.1, -0.05) is 6.07 Å². The highest BCUT2D eigenvalue weighted by molar-refractivity contribution is 5.74. The average Bonchev–Trinajstić information content (AvgIpc) is 2.94. The van der Waals surface area contributed by atoms with Gasteiger partial charge in [-0.05, 0) is 31.4 Å². The van der Waals surface area contributed by atoms with Gasteiger partial charge < -0.3 is 15.4 Å². The fraction of sp³-hybridized carbons (Fsp3) is 0.412. The summed E-state index contributed by atoms with van der Waals surface area (Å²) < 4.78 is 20.3. The van der Waals surface area contributed by atoms with Crippen molar-refractivity contribution in [3.05, 3.63) is 47.5 Å². The molecule has 0 fully saturated rings. The number of nitrogens with one attached hydrogen (secondary N) is 2. The molecule has 0 bridgehead atoms. The van der Waals surface area contributed by atoms with Gasteiger partial charge in [-0.15, -0.1) is 0 Å². The van der Waals surface area contributed by atoms with Crippen LogP contribution >= 0.6 is 0 Å². The first kappa shape index (κ1) is 16.3. The number of halogens is 1. The van der Waals surface area contributed by atoms with Crippen molar-refractivity contribution in [2.24, 2.45) is 7.05 Å². The average molecular weight is 332 g/mol. The van der Waals surface area contributed by atoms with E-state index in [1.165, 1.54) is 17.8 Å². The third-order valence-corrected chi connectivity index (χ3v) is 4.13. The van der Waals surface area contributed by atoms with E-state index in [0.717, 1.165) is 24.8 Å². The van der Waals surface area contributed by atoms with Gasteiger partial charge in [0.25, 0.3) is 0 Å². The number of nitrogens with zero attached hydrogens (tertiary/aromatic N) is 2. The zero-order valence-electron chi connectivity index (χ0n) is 13.6. The summed E-state index contributed by atoms with van der Waals surface area (Å²) in [7, 11) is 1.92. The van der Waals surface area contributed by atoms with Crippen LogP contribution in [-0.4, -0.2) is 29.0 Å². The fourth-order valence-corrected chi connectivity index (χ4v) is 2.96. The minimum atomic E-state index is -0.345. The molecule has 1 aromatic heterocycles. The van der Waals surface area contributed by atoms with Crippen molar-refractivity contribution < 1.29 is 13.9 Å². The Labute approximate surface area is 140 Å². The summed E-state index contributed by atoms with van der Waals surface area (Å²) in [5.41, 5.74) is 2.27. The molecule has 2 aromatic rings. The van der Waals surface area contributed by atoms with Crippen LogP contribution in [0, 0.1) is 5.82 Å². The van der Waals surface area contributed by atoms with E-state index in [4.69, 9.17) is 4.74 Å². The zero-order valence-corrected chi connectivity index (χ0v) is 13.6. The Hall–Kier alpha value is -2.57. The molecule has 2 N–H and O–H groups in total. The summed E-state index contributed by atoms with van der Waals surface area (Å²) >= 11 is 0. The Kier molecular flexibility index (Phi) is 4.98. The van der Waals surface area contributed by atoms with Gasteiger partial charge in [0.15, 0.2) is 0 Å². The second kappa shape index (κ2) is 7.33. The number of aryl methyl sites for hydroxylation is 1. The third kappa shape index (κ3) is 3.84. The molecule has 6 nitrogen and oxygen atoms in total. The molecule has 24 heavy (non-hydrogen) atoms. The number of ether oxygens (including phenoxy) is 1. The van der Waals surface area contributed by atoms with Gasteiger partial charge in [-0.25, -0.2) is 9.18 Å². The number of aromatic nitrogens is 2. The van der Waals surface area contributed by atoms with Gasteiger partial charge in [-0.2, -0.15) is 5.10 Å². The minimum absolute atomic E-state index is 0.00779. The Morgan fingerprint density at radius 1 is 1.50 bits per heavy atom. The molecule has 1 unspecified atom stereocenters. The van der Waals surface area contributed by atoms with E-state index in [9.17, 15) is 9.18 Å². The normalized spacial score (nSPS) is 16.3. The molecule has 3 rings (SSSR count). The van der Waals surface area contributed by atoms with E-state index in [1.807, 2.05) is 17.9 Å². The molecule has 0 spiro atoms. The number of amides is 2. The van der Waals surface area contributed by atoms with Crippen molar-refractivity contribution in [1.29, 1.82) is 0 Å². The van der Waals surface area contributed by atoms with Crippen LogP contribution in [0.25, 0.3) is 0 Å². The number of benzene rings is 1. The first-order chi connectivity index (χ1) is 11.6. The van der Waals surface area contributed by atoms with Crippen molar-refractivity contribution in [3.8, 4) is 5.75 Å². The molecular formula is C17H21FN4O2. The number of rotatable bonds is 5. The van der Waals surface area contributed by atoms with Gasteiger partial charge in [0.2, 0.25) is 0 Å². The highest BCUT2D eigenvalue weighted by Gasteiger charge is 2.24. The molecule has 0 radical (unpaired) electrons. The quantitative estimate of drug-likeness (QED) is 0.826. The van der Waals surface area contributed by atoms with E-state index in [0.29, 0.717) is 12.3 Å². The van der Waals surface area contributed by atoms with Gasteiger partial charge in [0.1, 0.15) is 18.2 Å². The SMILES string of the molecule is Cn1ncc2c1CCCC2NC(=O)NCCOc1cccc(F)c1. The highest BCUT2D eigenvalue weighted by Crippen LogP contribution is 2.28. The molecule has 1 aliphatic rings. The van der Waals surface area contributed by atoms with E-state index in [-0.39, 0.29) is 24.5 Å². The third-order valence-electron chi connectivity index (χ3n) is 4.13. The predicted octanol–water partition coefficient (Wildman–Crippen LogP) is 2.31. The summed E-state index contributed by atoms with van der Waals surface area (Å²) in [4.78, 5) is 12.0. The molecule has 0 saturated carbocycles. The lowest BCUT2D eigenvalue weighted by Crippen LogP contribution is -2.40. The first-order valence-corrected chi connectivity index (χ1v) is 8.07. The maximum atomic E-state index is 13.0. The van der Waals surface area contributed by atoms with Gasteiger partial charge in [0, 0.05) is 24.4 Å². The predicted molar refractivity (Wildman–Crippen MR) is 87.3 cm³/mol. The lowest BCUT2D eigenvalue weighted by atomic mass is 9.93. The Bertz CT molecular complexity index is 716. The number of carbonyl (C=O) groups excluding carboxylic acids is 1. The van der Waals surface area contributed by atoms with Crippen molar-refractivity contribution in [2.45, 2.75) is 25.3 Å². The number of fused-ring (bicyclic) bond motifs is 1. The summed E-state index contributed by atoms with van der Waals surface area (Å²) in [6, 6.07) is 5.68. The van der Waals surface area contributed by atoms with Crippen LogP contribution in [0.2, 0.25) is 0 Å². The van der Waals surface area contributed by atoms with Gasteiger partial charge in [0.05, 0.1) is 18.8 Å². The second-order valence-electron chi connectivity index (χ2n) is 5.82. The molecule has 1 atom stereocenters. The van der Waals surface area contributed by atoms with Gasteiger partial charge >= 0.3 is 6.03 Å².